The van der Waals surface area contributed by atoms with Crippen molar-refractivity contribution in [3.63, 3.8) is 0 Å². The number of piperazine rings is 1. The fraction of sp³-hybridized carbons (Fsp3) is 0.619. The summed E-state index contributed by atoms with van der Waals surface area (Å²) in [6.07, 6.45) is 1.18. The Balaban J connectivity index is 1.31. The molecule has 7 nitrogen and oxygen atoms in total. The predicted molar refractivity (Wildman–Crippen MR) is 107 cm³/mol. The van der Waals surface area contributed by atoms with Crippen LogP contribution in [-0.2, 0) is 20.7 Å². The van der Waals surface area contributed by atoms with E-state index in [1.165, 1.54) is 6.07 Å². The van der Waals surface area contributed by atoms with Crippen LogP contribution in [0.1, 0.15) is 24.5 Å². The molecule has 2 amide bonds. The Hall–Kier alpha value is -2.19. The van der Waals surface area contributed by atoms with Crippen LogP contribution in [0.25, 0.3) is 0 Å². The molecule has 0 aliphatic carbocycles. The number of benzene rings is 1. The van der Waals surface area contributed by atoms with E-state index in [2.05, 4.69) is 15.5 Å². The number of aryl methyl sites for hydroxylation is 1. The molecule has 8 heteroatoms. The van der Waals surface area contributed by atoms with Crippen LogP contribution in [-0.4, -0.2) is 79.1 Å². The molecule has 2 saturated heterocycles. The molecule has 4 rings (SSSR count). The first-order valence-electron chi connectivity index (χ1n) is 10.3. The molecule has 2 N–H and O–H groups in total. The minimum Gasteiger partial charge on any atom is -0.378 e. The van der Waals surface area contributed by atoms with Crippen LogP contribution in [0.2, 0.25) is 0 Å². The molecule has 3 aliphatic heterocycles. The van der Waals surface area contributed by atoms with Crippen molar-refractivity contribution in [1.29, 1.82) is 0 Å². The van der Waals surface area contributed by atoms with Gasteiger partial charge in [0, 0.05) is 56.8 Å². The number of nitrogens with one attached hydrogen (secondary N) is 2. The Kier molecular flexibility index (Phi) is 5.74. The van der Waals surface area contributed by atoms with Crippen molar-refractivity contribution in [3.8, 4) is 0 Å². The second-order valence-electron chi connectivity index (χ2n) is 8.29. The van der Waals surface area contributed by atoms with Crippen molar-refractivity contribution in [2.75, 3.05) is 44.7 Å². The van der Waals surface area contributed by atoms with E-state index in [0.29, 0.717) is 25.2 Å². The summed E-state index contributed by atoms with van der Waals surface area (Å²) in [7, 11) is 0. The predicted octanol–water partition coefficient (Wildman–Crippen LogP) is 0.909. The van der Waals surface area contributed by atoms with Gasteiger partial charge in [-0.2, -0.15) is 0 Å². The van der Waals surface area contributed by atoms with Gasteiger partial charge in [-0.3, -0.25) is 14.5 Å². The first-order valence-corrected chi connectivity index (χ1v) is 10.3. The number of hydrogen-bond donors (Lipinski definition) is 2. The number of fused-ring (bicyclic) bond motifs is 1. The molecular weight excluding hydrogens is 375 g/mol. The Bertz CT molecular complexity index is 763. The maximum atomic E-state index is 14.1. The lowest BCUT2D eigenvalue weighted by molar-refractivity contribution is -0.132. The molecule has 3 heterocycles. The van der Waals surface area contributed by atoms with Gasteiger partial charge in [0.1, 0.15) is 11.9 Å². The molecule has 2 unspecified atom stereocenters. The number of carbonyl (C=O) groups excluding carboxylic acids is 2. The van der Waals surface area contributed by atoms with Crippen LogP contribution in [0.15, 0.2) is 12.1 Å². The summed E-state index contributed by atoms with van der Waals surface area (Å²) in [6.45, 7) is 7.77. The summed E-state index contributed by atoms with van der Waals surface area (Å²) < 4.78 is 19.8. The minimum atomic E-state index is -0.458. The number of rotatable bonds is 3. The zero-order valence-corrected chi connectivity index (χ0v) is 17.0. The van der Waals surface area contributed by atoms with Gasteiger partial charge in [0.25, 0.3) is 0 Å². The molecule has 3 aliphatic rings. The summed E-state index contributed by atoms with van der Waals surface area (Å²) in [4.78, 5) is 28.5. The Morgan fingerprint density at radius 2 is 1.97 bits per heavy atom. The van der Waals surface area contributed by atoms with Crippen molar-refractivity contribution in [2.45, 2.75) is 44.8 Å². The smallest absolute Gasteiger partial charge is 0.243 e. The fourth-order valence-electron chi connectivity index (χ4n) is 4.60. The van der Waals surface area contributed by atoms with Gasteiger partial charge < -0.3 is 20.3 Å². The lowest BCUT2D eigenvalue weighted by atomic mass is 10.0. The van der Waals surface area contributed by atoms with Crippen molar-refractivity contribution in [1.82, 2.24) is 15.1 Å². The Morgan fingerprint density at radius 3 is 2.66 bits per heavy atom. The van der Waals surface area contributed by atoms with Gasteiger partial charge in [-0.25, -0.2) is 4.39 Å². The molecule has 158 valence electrons. The van der Waals surface area contributed by atoms with Gasteiger partial charge in [0.2, 0.25) is 11.8 Å². The van der Waals surface area contributed by atoms with E-state index >= 15 is 0 Å². The third-order valence-corrected chi connectivity index (χ3v) is 6.32. The monoisotopic (exact) mass is 404 g/mol. The Morgan fingerprint density at radius 1 is 1.21 bits per heavy atom. The van der Waals surface area contributed by atoms with Crippen molar-refractivity contribution in [2.24, 2.45) is 0 Å². The number of hydrogen-bond acceptors (Lipinski definition) is 5. The van der Waals surface area contributed by atoms with Gasteiger partial charge in [0.05, 0.1) is 19.3 Å². The number of halogens is 1. The van der Waals surface area contributed by atoms with E-state index in [0.717, 1.165) is 43.9 Å². The van der Waals surface area contributed by atoms with E-state index in [1.807, 2.05) is 11.8 Å². The molecule has 2 fully saturated rings. The highest BCUT2D eigenvalue weighted by Gasteiger charge is 2.34. The third-order valence-electron chi connectivity index (χ3n) is 6.32. The lowest BCUT2D eigenvalue weighted by Crippen LogP contribution is -2.57. The fourth-order valence-corrected chi connectivity index (χ4v) is 4.60. The lowest BCUT2D eigenvalue weighted by Gasteiger charge is -2.42. The molecular formula is C21H29FN4O3. The Labute approximate surface area is 170 Å². The van der Waals surface area contributed by atoms with Crippen molar-refractivity contribution >= 4 is 17.5 Å². The maximum Gasteiger partial charge on any atom is 0.243 e. The van der Waals surface area contributed by atoms with Gasteiger partial charge in [0.15, 0.2) is 0 Å². The van der Waals surface area contributed by atoms with Crippen LogP contribution in [0.3, 0.4) is 0 Å². The van der Waals surface area contributed by atoms with Crippen LogP contribution in [0.4, 0.5) is 10.1 Å². The highest BCUT2D eigenvalue weighted by Crippen LogP contribution is 2.31. The zero-order chi connectivity index (χ0) is 20.5. The van der Waals surface area contributed by atoms with Crippen LogP contribution < -0.4 is 10.6 Å². The largest absolute Gasteiger partial charge is 0.378 e. The van der Waals surface area contributed by atoms with Gasteiger partial charge in [-0.1, -0.05) is 6.07 Å². The minimum absolute atomic E-state index is 0.0662. The highest BCUT2D eigenvalue weighted by atomic mass is 19.1. The summed E-state index contributed by atoms with van der Waals surface area (Å²) in [5.74, 6) is -0.263. The standard InChI is InChI=1S/C21H29FN4O3/c1-13-3-4-18(22)17-10-19(24-20(13)17)21(28)23-15-9-16(12-29-11-15)26-7-5-25(6-8-26)14(2)27/h3-4,15-16,19,24H,5-12H2,1-2H3,(H,23,28)/t15-,16?,19?/m0/s1. The number of nitrogens with zero attached hydrogens (tertiary/aromatic N) is 2. The van der Waals surface area contributed by atoms with Crippen LogP contribution >= 0.6 is 0 Å². The van der Waals surface area contributed by atoms with Crippen molar-refractivity contribution in [3.05, 3.63) is 29.1 Å². The zero-order valence-electron chi connectivity index (χ0n) is 17.0. The van der Waals surface area contributed by atoms with Crippen molar-refractivity contribution < 1.29 is 18.7 Å². The SMILES string of the molecule is CC(=O)N1CCN(C2COC[C@@H](NC(=O)C3Cc4c(F)ccc(C)c4N3)C2)CC1. The number of anilines is 1. The summed E-state index contributed by atoms with van der Waals surface area (Å²) >= 11 is 0. The van der Waals surface area contributed by atoms with E-state index in [1.54, 1.807) is 13.0 Å². The summed E-state index contributed by atoms with van der Waals surface area (Å²) in [5.41, 5.74) is 2.28. The quantitative estimate of drug-likeness (QED) is 0.784. The van der Waals surface area contributed by atoms with E-state index in [4.69, 9.17) is 4.74 Å². The van der Waals surface area contributed by atoms with Gasteiger partial charge in [-0.15, -0.1) is 0 Å². The topological polar surface area (TPSA) is 73.9 Å². The number of ether oxygens (including phenoxy) is 1. The molecule has 0 aromatic heterocycles. The first-order chi connectivity index (χ1) is 13.9. The van der Waals surface area contributed by atoms with Gasteiger partial charge in [-0.05, 0) is 25.0 Å². The number of amides is 2. The third kappa shape index (κ3) is 4.23. The summed E-state index contributed by atoms with van der Waals surface area (Å²) in [6, 6.07) is 2.90. The van der Waals surface area contributed by atoms with E-state index in [-0.39, 0.29) is 29.7 Å². The molecule has 0 bridgehead atoms. The second kappa shape index (κ2) is 8.28. The molecule has 0 saturated carbocycles. The molecule has 1 aromatic rings. The van der Waals surface area contributed by atoms with E-state index < -0.39 is 6.04 Å². The number of carbonyl (C=O) groups is 2. The molecule has 1 aromatic carbocycles. The summed E-state index contributed by atoms with van der Waals surface area (Å²) in [5, 5.41) is 6.27. The molecule has 29 heavy (non-hydrogen) atoms. The van der Waals surface area contributed by atoms with Crippen LogP contribution in [0, 0.1) is 12.7 Å². The molecule has 0 spiro atoms. The average molecular weight is 404 g/mol. The maximum absolute atomic E-state index is 14.1. The van der Waals surface area contributed by atoms with Crippen LogP contribution in [0.5, 0.6) is 0 Å². The highest BCUT2D eigenvalue weighted by molar-refractivity contribution is 5.88. The second-order valence-corrected chi connectivity index (χ2v) is 8.29. The molecule has 3 atom stereocenters. The molecule has 0 radical (unpaired) electrons. The van der Waals surface area contributed by atoms with Gasteiger partial charge >= 0.3 is 0 Å². The van der Waals surface area contributed by atoms with E-state index in [9.17, 15) is 14.0 Å². The first kappa shape index (κ1) is 20.1. The normalized spacial score (nSPS) is 27.3. The average Bonchev–Trinajstić information content (AvgIpc) is 3.18.